The van der Waals surface area contributed by atoms with E-state index in [0.717, 1.165) is 16.9 Å². The Bertz CT molecular complexity index is 893. The van der Waals surface area contributed by atoms with Gasteiger partial charge in [-0.3, -0.25) is 4.57 Å². The Morgan fingerprint density at radius 3 is 2.84 bits per heavy atom. The first-order valence-electron chi connectivity index (χ1n) is 7.51. The summed E-state index contributed by atoms with van der Waals surface area (Å²) in [6.07, 6.45) is 4.87. The summed E-state index contributed by atoms with van der Waals surface area (Å²) in [7, 11) is 1.32. The molecule has 3 aromatic heterocycles. The zero-order valence-corrected chi connectivity index (χ0v) is 14.7. The Morgan fingerprint density at radius 1 is 1.36 bits per heavy atom. The minimum atomic E-state index is -0.497. The molecule has 0 aliphatic carbocycles. The molecule has 25 heavy (non-hydrogen) atoms. The van der Waals surface area contributed by atoms with Crippen molar-refractivity contribution in [2.45, 2.75) is 24.4 Å². The first-order valence-corrected chi connectivity index (χ1v) is 8.50. The lowest BCUT2D eigenvalue weighted by Gasteiger charge is -2.07. The summed E-state index contributed by atoms with van der Waals surface area (Å²) in [6, 6.07) is 3.60. The molecule has 0 unspecified atom stereocenters. The van der Waals surface area contributed by atoms with Gasteiger partial charge in [-0.05, 0) is 19.1 Å². The number of rotatable bonds is 7. The maximum absolute atomic E-state index is 11.7. The summed E-state index contributed by atoms with van der Waals surface area (Å²) < 4.78 is 17.2. The number of carbonyl (C=O) groups is 1. The molecule has 8 heteroatoms. The maximum atomic E-state index is 11.7. The van der Waals surface area contributed by atoms with Crippen LogP contribution < -0.4 is 0 Å². The average molecular weight is 359 g/mol. The van der Waals surface area contributed by atoms with Gasteiger partial charge in [-0.15, -0.1) is 16.8 Å². The lowest BCUT2D eigenvalue weighted by Crippen LogP contribution is -2.03. The van der Waals surface area contributed by atoms with E-state index in [1.807, 2.05) is 17.6 Å². The van der Waals surface area contributed by atoms with Crippen LogP contribution >= 0.6 is 11.8 Å². The van der Waals surface area contributed by atoms with E-state index in [9.17, 15) is 4.79 Å². The summed E-state index contributed by atoms with van der Waals surface area (Å²) in [5.41, 5.74) is 1.63. The van der Waals surface area contributed by atoms with Crippen molar-refractivity contribution < 1.29 is 18.4 Å². The van der Waals surface area contributed by atoms with Gasteiger partial charge in [0.25, 0.3) is 0 Å². The fraction of sp³-hybridized carbons (Fsp3) is 0.235. The second kappa shape index (κ2) is 7.43. The van der Waals surface area contributed by atoms with Gasteiger partial charge in [-0.2, -0.15) is 0 Å². The maximum Gasteiger partial charge on any atom is 0.374 e. The van der Waals surface area contributed by atoms with Crippen molar-refractivity contribution in [2.24, 2.45) is 0 Å². The van der Waals surface area contributed by atoms with Gasteiger partial charge in [0.2, 0.25) is 5.76 Å². The van der Waals surface area contributed by atoms with Crippen molar-refractivity contribution in [1.29, 1.82) is 0 Å². The van der Waals surface area contributed by atoms with Crippen LogP contribution in [0, 0.1) is 6.92 Å². The highest BCUT2D eigenvalue weighted by atomic mass is 32.2. The zero-order valence-electron chi connectivity index (χ0n) is 13.9. The minimum Gasteiger partial charge on any atom is -0.469 e. The molecule has 0 aromatic carbocycles. The van der Waals surface area contributed by atoms with E-state index in [2.05, 4.69) is 16.8 Å². The van der Waals surface area contributed by atoms with E-state index < -0.39 is 5.97 Å². The summed E-state index contributed by atoms with van der Waals surface area (Å²) in [4.78, 5) is 11.7. The molecule has 0 aliphatic rings. The average Bonchev–Trinajstić information content (AvgIpc) is 3.32. The molecule has 0 amide bonds. The van der Waals surface area contributed by atoms with E-state index in [-0.39, 0.29) is 5.76 Å². The van der Waals surface area contributed by atoms with Gasteiger partial charge in [0.15, 0.2) is 11.0 Å². The van der Waals surface area contributed by atoms with E-state index in [0.29, 0.717) is 23.3 Å². The van der Waals surface area contributed by atoms with Crippen LogP contribution in [0.15, 0.2) is 51.3 Å². The number of furan rings is 2. The molecular weight excluding hydrogens is 342 g/mol. The number of esters is 1. The predicted octanol–water partition coefficient (Wildman–Crippen LogP) is 3.70. The van der Waals surface area contributed by atoms with Gasteiger partial charge in [0, 0.05) is 17.9 Å². The SMILES string of the molecule is C=CCn1c(SCc2ccoc2C(=O)OC)nnc1-c1ccoc1C. The van der Waals surface area contributed by atoms with Gasteiger partial charge >= 0.3 is 5.97 Å². The molecule has 3 heterocycles. The Kier molecular flexibility index (Phi) is 5.08. The molecular formula is C17H17N3O4S. The molecule has 3 aromatic rings. The number of hydrogen-bond donors (Lipinski definition) is 0. The number of methoxy groups -OCH3 is 1. The van der Waals surface area contributed by atoms with Crippen LogP contribution in [0.25, 0.3) is 11.4 Å². The summed E-state index contributed by atoms with van der Waals surface area (Å²) >= 11 is 1.45. The summed E-state index contributed by atoms with van der Waals surface area (Å²) in [6.45, 7) is 6.23. The molecule has 0 radical (unpaired) electrons. The van der Waals surface area contributed by atoms with Crippen molar-refractivity contribution in [3.8, 4) is 11.4 Å². The van der Waals surface area contributed by atoms with Gasteiger partial charge in [0.1, 0.15) is 5.76 Å². The third-order valence-electron chi connectivity index (χ3n) is 3.60. The van der Waals surface area contributed by atoms with Crippen LogP contribution in [-0.4, -0.2) is 27.8 Å². The fourth-order valence-electron chi connectivity index (χ4n) is 2.37. The Labute approximate surface area is 148 Å². The van der Waals surface area contributed by atoms with Crippen molar-refractivity contribution in [2.75, 3.05) is 7.11 Å². The van der Waals surface area contributed by atoms with Gasteiger partial charge in [-0.25, -0.2) is 4.79 Å². The lowest BCUT2D eigenvalue weighted by molar-refractivity contribution is 0.0564. The molecule has 0 saturated heterocycles. The number of hydrogen-bond acceptors (Lipinski definition) is 7. The number of carbonyl (C=O) groups excluding carboxylic acids is 1. The zero-order chi connectivity index (χ0) is 17.8. The summed E-state index contributed by atoms with van der Waals surface area (Å²) in [5, 5.41) is 9.26. The predicted molar refractivity (Wildman–Crippen MR) is 92.3 cm³/mol. The molecule has 0 fully saturated rings. The molecule has 0 atom stereocenters. The Balaban J connectivity index is 1.85. The monoisotopic (exact) mass is 359 g/mol. The third-order valence-corrected chi connectivity index (χ3v) is 4.62. The number of ether oxygens (including phenoxy) is 1. The second-order valence-electron chi connectivity index (χ2n) is 5.15. The van der Waals surface area contributed by atoms with Gasteiger partial charge in [0.05, 0.1) is 25.2 Å². The number of aromatic nitrogens is 3. The number of aryl methyl sites for hydroxylation is 1. The van der Waals surface area contributed by atoms with E-state index in [1.54, 1.807) is 18.4 Å². The van der Waals surface area contributed by atoms with Crippen molar-refractivity contribution in [3.63, 3.8) is 0 Å². The van der Waals surface area contributed by atoms with Crippen LogP contribution in [0.4, 0.5) is 0 Å². The minimum absolute atomic E-state index is 0.204. The van der Waals surface area contributed by atoms with E-state index in [4.69, 9.17) is 13.6 Å². The highest BCUT2D eigenvalue weighted by Crippen LogP contribution is 2.29. The molecule has 0 N–H and O–H groups in total. The number of nitrogens with zero attached hydrogens (tertiary/aromatic N) is 3. The first kappa shape index (κ1) is 17.1. The lowest BCUT2D eigenvalue weighted by atomic mass is 10.2. The molecule has 0 aliphatic heterocycles. The normalized spacial score (nSPS) is 10.8. The molecule has 0 saturated carbocycles. The second-order valence-corrected chi connectivity index (χ2v) is 6.09. The van der Waals surface area contributed by atoms with Crippen molar-refractivity contribution >= 4 is 17.7 Å². The number of thioether (sulfide) groups is 1. The molecule has 130 valence electrons. The van der Waals surface area contributed by atoms with E-state index >= 15 is 0 Å². The standard InChI is InChI=1S/C17H17N3O4S/c1-4-7-20-15(13-6-9-23-11(13)2)18-19-17(20)25-10-12-5-8-24-14(12)16(21)22-3/h4-6,8-9H,1,7,10H2,2-3H3. The molecule has 7 nitrogen and oxygen atoms in total. The van der Waals surface area contributed by atoms with Crippen LogP contribution in [0.3, 0.4) is 0 Å². The number of allylic oxidation sites excluding steroid dienone is 1. The molecule has 3 rings (SSSR count). The first-order chi connectivity index (χ1) is 12.2. The topological polar surface area (TPSA) is 83.3 Å². The quantitative estimate of drug-likeness (QED) is 0.361. The largest absolute Gasteiger partial charge is 0.469 e. The summed E-state index contributed by atoms with van der Waals surface area (Å²) in [5.74, 6) is 1.70. The van der Waals surface area contributed by atoms with Crippen LogP contribution in [0.2, 0.25) is 0 Å². The van der Waals surface area contributed by atoms with Crippen LogP contribution in [0.5, 0.6) is 0 Å². The fourth-order valence-corrected chi connectivity index (χ4v) is 3.30. The van der Waals surface area contributed by atoms with Crippen molar-refractivity contribution in [3.05, 3.63) is 54.4 Å². The van der Waals surface area contributed by atoms with Gasteiger partial charge < -0.3 is 13.6 Å². The van der Waals surface area contributed by atoms with Gasteiger partial charge in [-0.1, -0.05) is 17.8 Å². The molecule has 0 bridgehead atoms. The smallest absolute Gasteiger partial charge is 0.374 e. The Morgan fingerprint density at radius 2 is 2.16 bits per heavy atom. The van der Waals surface area contributed by atoms with Crippen LogP contribution in [0.1, 0.15) is 21.9 Å². The van der Waals surface area contributed by atoms with Crippen LogP contribution in [-0.2, 0) is 17.0 Å². The van der Waals surface area contributed by atoms with Crippen molar-refractivity contribution in [1.82, 2.24) is 14.8 Å². The molecule has 0 spiro atoms. The van der Waals surface area contributed by atoms with E-state index in [1.165, 1.54) is 25.1 Å². The Hall–Kier alpha value is -2.74. The highest BCUT2D eigenvalue weighted by Gasteiger charge is 2.19. The third kappa shape index (κ3) is 3.39. The highest BCUT2D eigenvalue weighted by molar-refractivity contribution is 7.98.